The summed E-state index contributed by atoms with van der Waals surface area (Å²) in [6, 6.07) is 4.41. The minimum atomic E-state index is -4.72. The number of unbranched alkanes of at least 4 members (excludes halogenated alkanes) is 5. The molecule has 1 aliphatic rings. The van der Waals surface area contributed by atoms with Crippen molar-refractivity contribution in [3.8, 4) is 6.07 Å². The molecule has 2 rings (SSSR count). The lowest BCUT2D eigenvalue weighted by Crippen LogP contribution is -2.40. The van der Waals surface area contributed by atoms with Gasteiger partial charge in [-0.3, -0.25) is 4.79 Å². The van der Waals surface area contributed by atoms with Crippen LogP contribution in [0.4, 0.5) is 18.9 Å². The van der Waals surface area contributed by atoms with Gasteiger partial charge in [0.1, 0.15) is 5.60 Å². The number of rotatable bonds is 12. The predicted octanol–water partition coefficient (Wildman–Crippen LogP) is 5.54. The number of aliphatic hydroxyl groups is 1. The molecule has 184 valence electrons. The zero-order valence-electron chi connectivity index (χ0n) is 19.0. The van der Waals surface area contributed by atoms with Gasteiger partial charge in [0.15, 0.2) is 6.29 Å². The molecule has 2 N–H and O–H groups in total. The molecule has 1 aromatic rings. The summed E-state index contributed by atoms with van der Waals surface area (Å²) in [5, 5.41) is 21.6. The summed E-state index contributed by atoms with van der Waals surface area (Å²) in [4.78, 5) is 12.4. The fourth-order valence-corrected chi connectivity index (χ4v) is 3.67. The summed E-state index contributed by atoms with van der Waals surface area (Å²) in [5.41, 5.74) is -3.48. The van der Waals surface area contributed by atoms with Gasteiger partial charge < -0.3 is 19.9 Å². The van der Waals surface area contributed by atoms with Crippen LogP contribution < -0.4 is 5.32 Å². The number of nitrogens with one attached hydrogen (secondary N) is 1. The van der Waals surface area contributed by atoms with Crippen molar-refractivity contribution >= 4 is 11.6 Å². The number of halogens is 3. The molecule has 1 saturated heterocycles. The van der Waals surface area contributed by atoms with Crippen LogP contribution in [0.25, 0.3) is 0 Å². The SMILES string of the molecule is C[C@](O)(CCCCCCCCOC1CCCCO1)C(=O)Nc1ccc(C#N)c(C(F)(F)F)c1. The summed E-state index contributed by atoms with van der Waals surface area (Å²) in [7, 11) is 0. The number of carbonyl (C=O) groups excluding carboxylic acids is 1. The highest BCUT2D eigenvalue weighted by atomic mass is 19.4. The van der Waals surface area contributed by atoms with Crippen LogP contribution in [0.15, 0.2) is 18.2 Å². The Labute approximate surface area is 193 Å². The van der Waals surface area contributed by atoms with E-state index in [4.69, 9.17) is 14.7 Å². The number of ether oxygens (including phenoxy) is 2. The molecule has 1 aromatic carbocycles. The van der Waals surface area contributed by atoms with Gasteiger partial charge in [-0.25, -0.2) is 0 Å². The van der Waals surface area contributed by atoms with Crippen LogP contribution in [0, 0.1) is 11.3 Å². The van der Waals surface area contributed by atoms with Gasteiger partial charge in [0.05, 0.1) is 17.2 Å². The van der Waals surface area contributed by atoms with Gasteiger partial charge in [-0.2, -0.15) is 18.4 Å². The molecule has 1 amide bonds. The number of nitriles is 1. The Morgan fingerprint density at radius 1 is 1.21 bits per heavy atom. The third-order valence-electron chi connectivity index (χ3n) is 5.69. The molecular weight excluding hydrogens is 437 g/mol. The summed E-state index contributed by atoms with van der Waals surface area (Å²) in [6.45, 7) is 2.81. The standard InChI is InChI=1S/C24H33F3N2O4/c1-23(31,13-7-4-2-3-5-8-14-32-21-10-6-9-15-33-21)22(30)29-19-12-11-18(17-28)20(16-19)24(25,26)27/h11-12,16,21,31H,2-10,13-15H2,1H3,(H,29,30)/t21?,23-/m0/s1. The molecule has 0 radical (unpaired) electrons. The molecule has 1 heterocycles. The molecule has 1 fully saturated rings. The summed E-state index contributed by atoms with van der Waals surface area (Å²) < 4.78 is 50.5. The first-order valence-electron chi connectivity index (χ1n) is 11.5. The molecule has 9 heteroatoms. The van der Waals surface area contributed by atoms with Crippen molar-refractivity contribution in [3.05, 3.63) is 29.3 Å². The minimum absolute atomic E-state index is 0.0588. The Morgan fingerprint density at radius 3 is 2.55 bits per heavy atom. The predicted molar refractivity (Wildman–Crippen MR) is 117 cm³/mol. The highest BCUT2D eigenvalue weighted by molar-refractivity contribution is 5.96. The highest BCUT2D eigenvalue weighted by Gasteiger charge is 2.35. The number of amides is 1. The number of hydrogen-bond acceptors (Lipinski definition) is 5. The largest absolute Gasteiger partial charge is 0.417 e. The van der Waals surface area contributed by atoms with Crippen molar-refractivity contribution in [3.63, 3.8) is 0 Å². The van der Waals surface area contributed by atoms with E-state index < -0.39 is 28.8 Å². The maximum absolute atomic E-state index is 13.1. The maximum Gasteiger partial charge on any atom is 0.417 e. The first-order chi connectivity index (χ1) is 15.6. The Bertz CT molecular complexity index is 800. The number of benzene rings is 1. The van der Waals surface area contributed by atoms with Gasteiger partial charge in [0.2, 0.25) is 0 Å². The number of alkyl halides is 3. The van der Waals surface area contributed by atoms with Crippen LogP contribution in [-0.2, 0) is 20.4 Å². The molecule has 1 aliphatic heterocycles. The van der Waals surface area contributed by atoms with E-state index in [1.54, 1.807) is 0 Å². The van der Waals surface area contributed by atoms with E-state index in [0.717, 1.165) is 64.0 Å². The Kier molecular flexibility index (Phi) is 10.6. The van der Waals surface area contributed by atoms with Crippen LogP contribution in [0.2, 0.25) is 0 Å². The van der Waals surface area contributed by atoms with Crippen LogP contribution in [0.5, 0.6) is 0 Å². The fraction of sp³-hybridized carbons (Fsp3) is 0.667. The van der Waals surface area contributed by atoms with Crippen molar-refractivity contribution in [2.45, 2.75) is 89.2 Å². The lowest BCUT2D eigenvalue weighted by molar-refractivity contribution is -0.162. The van der Waals surface area contributed by atoms with E-state index in [9.17, 15) is 23.1 Å². The highest BCUT2D eigenvalue weighted by Crippen LogP contribution is 2.33. The Balaban J connectivity index is 1.65. The average molecular weight is 471 g/mol. The second-order valence-electron chi connectivity index (χ2n) is 8.64. The quantitative estimate of drug-likeness (QED) is 0.391. The first-order valence-corrected chi connectivity index (χ1v) is 11.5. The number of anilines is 1. The van der Waals surface area contributed by atoms with Crippen LogP contribution in [-0.4, -0.2) is 36.1 Å². The van der Waals surface area contributed by atoms with Gasteiger partial charge in [0.25, 0.3) is 5.91 Å². The van der Waals surface area contributed by atoms with E-state index in [1.165, 1.54) is 19.1 Å². The molecule has 6 nitrogen and oxygen atoms in total. The smallest absolute Gasteiger partial charge is 0.380 e. The number of nitrogens with zero attached hydrogens (tertiary/aromatic N) is 1. The number of carbonyl (C=O) groups is 1. The van der Waals surface area contributed by atoms with Crippen LogP contribution in [0.3, 0.4) is 0 Å². The zero-order chi connectivity index (χ0) is 24.3. The second-order valence-corrected chi connectivity index (χ2v) is 8.64. The normalized spacial score (nSPS) is 18.4. The molecule has 0 spiro atoms. The van der Waals surface area contributed by atoms with Gasteiger partial charge in [-0.05, 0) is 57.2 Å². The van der Waals surface area contributed by atoms with E-state index in [-0.39, 0.29) is 18.4 Å². The van der Waals surface area contributed by atoms with Crippen LogP contribution >= 0.6 is 0 Å². The molecule has 0 aliphatic carbocycles. The lowest BCUT2D eigenvalue weighted by Gasteiger charge is -2.23. The average Bonchev–Trinajstić information content (AvgIpc) is 2.78. The first kappa shape index (κ1) is 27.1. The molecule has 33 heavy (non-hydrogen) atoms. The minimum Gasteiger partial charge on any atom is -0.380 e. The van der Waals surface area contributed by atoms with Crippen molar-refractivity contribution in [1.29, 1.82) is 5.26 Å². The number of hydrogen-bond donors (Lipinski definition) is 2. The monoisotopic (exact) mass is 470 g/mol. The van der Waals surface area contributed by atoms with E-state index in [2.05, 4.69) is 5.32 Å². The lowest BCUT2D eigenvalue weighted by atomic mass is 9.96. The van der Waals surface area contributed by atoms with Crippen molar-refractivity contribution < 1.29 is 32.5 Å². The van der Waals surface area contributed by atoms with Crippen molar-refractivity contribution in [2.75, 3.05) is 18.5 Å². The fourth-order valence-electron chi connectivity index (χ4n) is 3.67. The molecule has 0 bridgehead atoms. The van der Waals surface area contributed by atoms with Gasteiger partial charge in [-0.1, -0.05) is 32.1 Å². The molecule has 0 aromatic heterocycles. The Morgan fingerprint density at radius 2 is 1.91 bits per heavy atom. The maximum atomic E-state index is 13.1. The van der Waals surface area contributed by atoms with E-state index in [1.807, 2.05) is 0 Å². The summed E-state index contributed by atoms with van der Waals surface area (Å²) in [5.74, 6) is -0.776. The van der Waals surface area contributed by atoms with E-state index >= 15 is 0 Å². The summed E-state index contributed by atoms with van der Waals surface area (Å²) >= 11 is 0. The van der Waals surface area contributed by atoms with Gasteiger partial charge in [0, 0.05) is 18.9 Å². The van der Waals surface area contributed by atoms with Crippen LogP contribution in [0.1, 0.15) is 82.3 Å². The second kappa shape index (κ2) is 12.9. The van der Waals surface area contributed by atoms with Gasteiger partial charge >= 0.3 is 6.18 Å². The van der Waals surface area contributed by atoms with Crippen molar-refractivity contribution in [2.24, 2.45) is 0 Å². The molecule has 2 atom stereocenters. The van der Waals surface area contributed by atoms with Crippen molar-refractivity contribution in [1.82, 2.24) is 0 Å². The molecule has 0 saturated carbocycles. The molecular formula is C24H33F3N2O4. The Hall–Kier alpha value is -2.15. The molecule has 1 unspecified atom stereocenters. The topological polar surface area (TPSA) is 91.6 Å². The van der Waals surface area contributed by atoms with Gasteiger partial charge in [-0.15, -0.1) is 0 Å². The summed E-state index contributed by atoms with van der Waals surface area (Å²) in [6.07, 6.45) is 4.06. The van der Waals surface area contributed by atoms with E-state index in [0.29, 0.717) is 19.1 Å². The zero-order valence-corrected chi connectivity index (χ0v) is 19.0. The third kappa shape index (κ3) is 9.32. The third-order valence-corrected chi connectivity index (χ3v) is 5.69.